The van der Waals surface area contributed by atoms with Crippen LogP contribution in [0.5, 0.6) is 5.75 Å². The Kier molecular flexibility index (Phi) is 5.36. The van der Waals surface area contributed by atoms with Crippen LogP contribution in [-0.2, 0) is 11.2 Å². The van der Waals surface area contributed by atoms with Gasteiger partial charge in [-0.25, -0.2) is 4.39 Å². The van der Waals surface area contributed by atoms with Gasteiger partial charge in [0, 0.05) is 18.9 Å². The second kappa shape index (κ2) is 8.06. The zero-order valence-corrected chi connectivity index (χ0v) is 15.3. The van der Waals surface area contributed by atoms with Crippen LogP contribution in [0.1, 0.15) is 56.3 Å². The second-order valence-corrected chi connectivity index (χ2v) is 7.27. The van der Waals surface area contributed by atoms with Crippen molar-refractivity contribution in [3.8, 4) is 5.75 Å². The Bertz CT molecular complexity index is 773. The number of halogens is 1. The molecule has 27 heavy (non-hydrogen) atoms. The molecule has 0 N–H and O–H groups in total. The number of ether oxygens (including phenoxy) is 1. The van der Waals surface area contributed by atoms with Gasteiger partial charge in [0.25, 0.3) is 0 Å². The Morgan fingerprint density at radius 1 is 1.19 bits per heavy atom. The first kappa shape index (κ1) is 17.9. The molecule has 2 aliphatic rings. The molecule has 4 rings (SSSR count). The lowest BCUT2D eigenvalue weighted by Gasteiger charge is -2.38. The molecular weight excluding hydrogens is 349 g/mol. The van der Waals surface area contributed by atoms with Gasteiger partial charge in [-0.1, -0.05) is 11.6 Å². The minimum atomic E-state index is -0.293. The third-order valence-corrected chi connectivity index (χ3v) is 5.42. The molecule has 1 amide bonds. The van der Waals surface area contributed by atoms with Crippen molar-refractivity contribution in [3.05, 3.63) is 41.8 Å². The molecule has 1 saturated carbocycles. The van der Waals surface area contributed by atoms with Crippen LogP contribution in [-0.4, -0.2) is 34.1 Å². The number of carbonyl (C=O) groups is 1. The fourth-order valence-corrected chi connectivity index (χ4v) is 3.64. The van der Waals surface area contributed by atoms with E-state index in [1.807, 2.05) is 4.90 Å². The molecule has 1 atom stereocenters. The SMILES string of the molecule is O=C(C1CCC1)N1CCCCC1c1nc(CCOc2ccc(F)cc2)no1. The predicted octanol–water partition coefficient (Wildman–Crippen LogP) is 3.68. The summed E-state index contributed by atoms with van der Waals surface area (Å²) < 4.78 is 24.0. The molecule has 1 aliphatic heterocycles. The van der Waals surface area contributed by atoms with Crippen molar-refractivity contribution in [2.45, 2.75) is 51.0 Å². The van der Waals surface area contributed by atoms with Gasteiger partial charge >= 0.3 is 0 Å². The highest BCUT2D eigenvalue weighted by atomic mass is 19.1. The van der Waals surface area contributed by atoms with Crippen molar-refractivity contribution in [2.24, 2.45) is 5.92 Å². The molecule has 7 heteroatoms. The largest absolute Gasteiger partial charge is 0.493 e. The zero-order chi connectivity index (χ0) is 18.6. The molecule has 2 heterocycles. The smallest absolute Gasteiger partial charge is 0.249 e. The highest BCUT2D eigenvalue weighted by Crippen LogP contribution is 2.35. The first-order chi connectivity index (χ1) is 13.2. The highest BCUT2D eigenvalue weighted by molar-refractivity contribution is 5.80. The molecule has 1 aromatic heterocycles. The van der Waals surface area contributed by atoms with E-state index < -0.39 is 0 Å². The second-order valence-electron chi connectivity index (χ2n) is 7.27. The van der Waals surface area contributed by atoms with Crippen LogP contribution >= 0.6 is 0 Å². The molecule has 2 fully saturated rings. The molecular formula is C20H24FN3O3. The third kappa shape index (κ3) is 4.12. The van der Waals surface area contributed by atoms with E-state index in [1.165, 1.54) is 12.1 Å². The quantitative estimate of drug-likeness (QED) is 0.773. The lowest BCUT2D eigenvalue weighted by Crippen LogP contribution is -2.43. The lowest BCUT2D eigenvalue weighted by atomic mass is 9.83. The Hall–Kier alpha value is -2.44. The summed E-state index contributed by atoms with van der Waals surface area (Å²) in [7, 11) is 0. The fraction of sp³-hybridized carbons (Fsp3) is 0.550. The minimum Gasteiger partial charge on any atom is -0.493 e. The van der Waals surface area contributed by atoms with Gasteiger partial charge in [0.05, 0.1) is 6.61 Å². The third-order valence-electron chi connectivity index (χ3n) is 5.42. The summed E-state index contributed by atoms with van der Waals surface area (Å²) >= 11 is 0. The Labute approximate surface area is 157 Å². The number of hydrogen-bond donors (Lipinski definition) is 0. The first-order valence-electron chi connectivity index (χ1n) is 9.72. The molecule has 0 radical (unpaired) electrons. The van der Waals surface area contributed by atoms with Crippen LogP contribution in [0.15, 0.2) is 28.8 Å². The summed E-state index contributed by atoms with van der Waals surface area (Å²) in [6.07, 6.45) is 6.59. The molecule has 0 bridgehead atoms. The standard InChI is InChI=1S/C20H24FN3O3/c21-15-7-9-16(10-8-15)26-13-11-18-22-19(27-23-18)17-6-1-2-12-24(17)20(25)14-4-3-5-14/h7-10,14,17H,1-6,11-13H2. The van der Waals surface area contributed by atoms with E-state index in [0.717, 1.165) is 45.1 Å². The molecule has 1 saturated heterocycles. The lowest BCUT2D eigenvalue weighted by molar-refractivity contribution is -0.142. The Morgan fingerprint density at radius 2 is 2.00 bits per heavy atom. The van der Waals surface area contributed by atoms with Crippen LogP contribution in [0.25, 0.3) is 0 Å². The van der Waals surface area contributed by atoms with Crippen LogP contribution in [0.2, 0.25) is 0 Å². The highest BCUT2D eigenvalue weighted by Gasteiger charge is 2.37. The van der Waals surface area contributed by atoms with Gasteiger partial charge in [-0.05, 0) is 56.4 Å². The monoisotopic (exact) mass is 373 g/mol. The predicted molar refractivity (Wildman–Crippen MR) is 95.5 cm³/mol. The summed E-state index contributed by atoms with van der Waals surface area (Å²) in [5.41, 5.74) is 0. The summed E-state index contributed by atoms with van der Waals surface area (Å²) in [5, 5.41) is 4.05. The number of amides is 1. The van der Waals surface area contributed by atoms with E-state index in [2.05, 4.69) is 10.1 Å². The van der Waals surface area contributed by atoms with Crippen molar-refractivity contribution >= 4 is 5.91 Å². The van der Waals surface area contributed by atoms with Crippen molar-refractivity contribution in [2.75, 3.05) is 13.2 Å². The summed E-state index contributed by atoms with van der Waals surface area (Å²) in [4.78, 5) is 19.2. The maximum Gasteiger partial charge on any atom is 0.249 e. The van der Waals surface area contributed by atoms with Gasteiger partial charge < -0.3 is 14.2 Å². The van der Waals surface area contributed by atoms with Crippen LogP contribution in [0, 0.1) is 11.7 Å². The van der Waals surface area contributed by atoms with Crippen molar-refractivity contribution < 1.29 is 18.4 Å². The number of rotatable bonds is 6. The number of piperidine rings is 1. The summed E-state index contributed by atoms with van der Waals surface area (Å²) in [5.74, 6) is 1.82. The molecule has 6 nitrogen and oxygen atoms in total. The number of hydrogen-bond acceptors (Lipinski definition) is 5. The zero-order valence-electron chi connectivity index (χ0n) is 15.3. The molecule has 144 valence electrons. The van der Waals surface area contributed by atoms with Gasteiger partial charge in [-0.15, -0.1) is 0 Å². The van der Waals surface area contributed by atoms with E-state index in [-0.39, 0.29) is 23.7 Å². The topological polar surface area (TPSA) is 68.5 Å². The van der Waals surface area contributed by atoms with Crippen LogP contribution in [0.4, 0.5) is 4.39 Å². The van der Waals surface area contributed by atoms with E-state index in [0.29, 0.717) is 30.5 Å². The van der Waals surface area contributed by atoms with E-state index in [9.17, 15) is 9.18 Å². The van der Waals surface area contributed by atoms with Gasteiger partial charge in [0.1, 0.15) is 17.6 Å². The number of nitrogens with zero attached hydrogens (tertiary/aromatic N) is 3. The van der Waals surface area contributed by atoms with E-state index in [1.54, 1.807) is 12.1 Å². The summed E-state index contributed by atoms with van der Waals surface area (Å²) in [6.45, 7) is 1.14. The maximum atomic E-state index is 12.9. The van der Waals surface area contributed by atoms with Crippen LogP contribution in [0.3, 0.4) is 0 Å². The van der Waals surface area contributed by atoms with Crippen molar-refractivity contribution in [1.29, 1.82) is 0 Å². The molecule has 0 spiro atoms. The molecule has 1 unspecified atom stereocenters. The number of likely N-dealkylation sites (tertiary alicyclic amines) is 1. The van der Waals surface area contributed by atoms with Crippen molar-refractivity contribution in [3.63, 3.8) is 0 Å². The average Bonchev–Trinajstić information content (AvgIpc) is 3.11. The van der Waals surface area contributed by atoms with Gasteiger partial charge in [-0.2, -0.15) is 4.98 Å². The van der Waals surface area contributed by atoms with Crippen LogP contribution < -0.4 is 4.74 Å². The number of benzene rings is 1. The van der Waals surface area contributed by atoms with Gasteiger partial charge in [0.15, 0.2) is 5.82 Å². The maximum absolute atomic E-state index is 12.9. The number of aromatic nitrogens is 2. The number of carbonyl (C=O) groups excluding carboxylic acids is 1. The van der Waals surface area contributed by atoms with E-state index in [4.69, 9.17) is 9.26 Å². The minimum absolute atomic E-state index is 0.105. The average molecular weight is 373 g/mol. The van der Waals surface area contributed by atoms with Crippen molar-refractivity contribution in [1.82, 2.24) is 15.0 Å². The molecule has 1 aromatic carbocycles. The fourth-order valence-electron chi connectivity index (χ4n) is 3.64. The van der Waals surface area contributed by atoms with E-state index >= 15 is 0 Å². The Balaban J connectivity index is 1.35. The molecule has 1 aliphatic carbocycles. The molecule has 2 aromatic rings. The van der Waals surface area contributed by atoms with Gasteiger partial charge in [0.2, 0.25) is 11.8 Å². The summed E-state index contributed by atoms with van der Waals surface area (Å²) in [6, 6.07) is 5.79. The van der Waals surface area contributed by atoms with Gasteiger partial charge in [-0.3, -0.25) is 4.79 Å². The Morgan fingerprint density at radius 3 is 2.74 bits per heavy atom. The normalized spacial score (nSPS) is 20.3. The first-order valence-corrected chi connectivity index (χ1v) is 9.72.